The van der Waals surface area contributed by atoms with Crippen molar-refractivity contribution >= 4 is 9.84 Å². The predicted octanol–water partition coefficient (Wildman–Crippen LogP) is 0.281. The van der Waals surface area contributed by atoms with Crippen LogP contribution in [0.15, 0.2) is 0 Å². The Hall–Kier alpha value is -0.170. The first kappa shape index (κ1) is 15.9. The second-order valence-corrected chi connectivity index (χ2v) is 7.60. The van der Waals surface area contributed by atoms with Crippen LogP contribution < -0.4 is 0 Å². The summed E-state index contributed by atoms with van der Waals surface area (Å²) in [4.78, 5) is 2.27. The fraction of sp³-hybridized carbons (Fsp3) is 1.00. The quantitative estimate of drug-likeness (QED) is 0.756. The van der Waals surface area contributed by atoms with Crippen molar-refractivity contribution in [3.05, 3.63) is 0 Å². The zero-order valence-electron chi connectivity index (χ0n) is 11.5. The van der Waals surface area contributed by atoms with Gasteiger partial charge in [0.15, 0.2) is 0 Å². The Morgan fingerprint density at radius 2 is 2.11 bits per heavy atom. The number of nitrogens with zero attached hydrogens (tertiary/aromatic N) is 1. The zero-order valence-corrected chi connectivity index (χ0v) is 12.3. The summed E-state index contributed by atoms with van der Waals surface area (Å²) >= 11 is 0. The van der Waals surface area contributed by atoms with Gasteiger partial charge in [-0.1, -0.05) is 0 Å². The predicted molar refractivity (Wildman–Crippen MR) is 71.4 cm³/mol. The average Bonchev–Trinajstić information content (AvgIpc) is 2.27. The molecular weight excluding hydrogens is 254 g/mol. The number of hydrogen-bond donors (Lipinski definition) is 1. The van der Waals surface area contributed by atoms with Gasteiger partial charge in [-0.3, -0.25) is 4.90 Å². The van der Waals surface area contributed by atoms with Crippen LogP contribution in [0.2, 0.25) is 0 Å². The molecule has 0 amide bonds. The topological polar surface area (TPSA) is 66.8 Å². The van der Waals surface area contributed by atoms with Gasteiger partial charge >= 0.3 is 0 Å². The fourth-order valence-electron chi connectivity index (χ4n) is 2.14. The maximum atomic E-state index is 11.0. The standard InChI is InChI=1S/C12H25NO4S/c1-10(2)13-6-7-17-12(9-13)11(14)5-4-8-18(3,15)16/h10-12,14H,4-9H2,1-3H3. The molecule has 0 saturated carbocycles. The third-order valence-electron chi connectivity index (χ3n) is 3.30. The van der Waals surface area contributed by atoms with Crippen molar-refractivity contribution in [1.29, 1.82) is 0 Å². The van der Waals surface area contributed by atoms with Gasteiger partial charge in [-0.15, -0.1) is 0 Å². The number of aliphatic hydroxyl groups excluding tert-OH is 1. The van der Waals surface area contributed by atoms with Crippen LogP contribution in [0, 0.1) is 0 Å². The van der Waals surface area contributed by atoms with Crippen LogP contribution in [-0.2, 0) is 14.6 Å². The molecule has 5 nitrogen and oxygen atoms in total. The SMILES string of the molecule is CC(C)N1CCOC(C(O)CCCS(C)(=O)=O)C1. The first-order valence-electron chi connectivity index (χ1n) is 6.51. The molecular formula is C12H25NO4S. The van der Waals surface area contributed by atoms with Gasteiger partial charge in [-0.25, -0.2) is 8.42 Å². The van der Waals surface area contributed by atoms with E-state index in [4.69, 9.17) is 4.74 Å². The van der Waals surface area contributed by atoms with E-state index in [9.17, 15) is 13.5 Å². The van der Waals surface area contributed by atoms with Crippen LogP contribution in [0.1, 0.15) is 26.7 Å². The van der Waals surface area contributed by atoms with E-state index in [0.29, 0.717) is 25.5 Å². The van der Waals surface area contributed by atoms with Crippen molar-refractivity contribution in [2.45, 2.75) is 44.9 Å². The minimum Gasteiger partial charge on any atom is -0.390 e. The Morgan fingerprint density at radius 1 is 1.44 bits per heavy atom. The second-order valence-electron chi connectivity index (χ2n) is 5.34. The van der Waals surface area contributed by atoms with Gasteiger partial charge in [0.1, 0.15) is 9.84 Å². The number of morpholine rings is 1. The highest BCUT2D eigenvalue weighted by Crippen LogP contribution is 2.15. The molecule has 1 rings (SSSR count). The maximum Gasteiger partial charge on any atom is 0.147 e. The van der Waals surface area contributed by atoms with E-state index in [1.54, 1.807) is 0 Å². The highest BCUT2D eigenvalue weighted by atomic mass is 32.2. The maximum absolute atomic E-state index is 11.0. The van der Waals surface area contributed by atoms with E-state index in [0.717, 1.165) is 13.1 Å². The van der Waals surface area contributed by atoms with Crippen LogP contribution in [0.4, 0.5) is 0 Å². The van der Waals surface area contributed by atoms with Crippen molar-refractivity contribution in [2.24, 2.45) is 0 Å². The molecule has 1 aliphatic heterocycles. The Kier molecular flexibility index (Phi) is 6.04. The van der Waals surface area contributed by atoms with Gasteiger partial charge in [-0.05, 0) is 26.7 Å². The van der Waals surface area contributed by atoms with Gasteiger partial charge in [-0.2, -0.15) is 0 Å². The van der Waals surface area contributed by atoms with E-state index in [-0.39, 0.29) is 11.9 Å². The second kappa shape index (κ2) is 6.84. The van der Waals surface area contributed by atoms with E-state index in [1.165, 1.54) is 6.26 Å². The van der Waals surface area contributed by atoms with Crippen LogP contribution in [0.3, 0.4) is 0 Å². The average molecular weight is 279 g/mol. The van der Waals surface area contributed by atoms with Gasteiger partial charge in [0, 0.05) is 31.1 Å². The van der Waals surface area contributed by atoms with Crippen molar-refractivity contribution < 1.29 is 18.3 Å². The molecule has 1 aliphatic rings. The van der Waals surface area contributed by atoms with Crippen molar-refractivity contribution in [3.8, 4) is 0 Å². The lowest BCUT2D eigenvalue weighted by Crippen LogP contribution is -2.50. The zero-order chi connectivity index (χ0) is 13.8. The summed E-state index contributed by atoms with van der Waals surface area (Å²) in [6.45, 7) is 6.49. The molecule has 1 heterocycles. The lowest BCUT2D eigenvalue weighted by atomic mass is 10.1. The molecule has 2 unspecified atom stereocenters. The summed E-state index contributed by atoms with van der Waals surface area (Å²) in [5.41, 5.74) is 0. The fourth-order valence-corrected chi connectivity index (χ4v) is 2.83. The molecule has 0 spiro atoms. The van der Waals surface area contributed by atoms with E-state index >= 15 is 0 Å². The highest BCUT2D eigenvalue weighted by molar-refractivity contribution is 7.90. The smallest absolute Gasteiger partial charge is 0.147 e. The van der Waals surface area contributed by atoms with Crippen LogP contribution in [-0.4, -0.2) is 68.4 Å². The molecule has 0 aromatic carbocycles. The minimum absolute atomic E-state index is 0.130. The Labute approximate surface area is 110 Å². The monoisotopic (exact) mass is 279 g/mol. The van der Waals surface area contributed by atoms with Crippen LogP contribution >= 0.6 is 0 Å². The number of hydrogen-bond acceptors (Lipinski definition) is 5. The molecule has 1 N–H and O–H groups in total. The first-order valence-corrected chi connectivity index (χ1v) is 8.57. The lowest BCUT2D eigenvalue weighted by Gasteiger charge is -2.37. The number of sulfone groups is 1. The van der Waals surface area contributed by atoms with Crippen LogP contribution in [0.5, 0.6) is 0 Å². The van der Waals surface area contributed by atoms with E-state index < -0.39 is 15.9 Å². The van der Waals surface area contributed by atoms with Gasteiger partial charge in [0.2, 0.25) is 0 Å². The normalized spacial score (nSPS) is 24.4. The Bertz CT molecular complexity index is 342. The Balaban J connectivity index is 2.34. The molecule has 6 heteroatoms. The van der Waals surface area contributed by atoms with E-state index in [1.807, 2.05) is 0 Å². The third kappa shape index (κ3) is 5.65. The first-order chi connectivity index (χ1) is 8.29. The van der Waals surface area contributed by atoms with Crippen molar-refractivity contribution in [2.75, 3.05) is 31.7 Å². The Morgan fingerprint density at radius 3 is 2.67 bits per heavy atom. The summed E-state index contributed by atoms with van der Waals surface area (Å²) in [6, 6.07) is 0.444. The van der Waals surface area contributed by atoms with Crippen LogP contribution in [0.25, 0.3) is 0 Å². The largest absolute Gasteiger partial charge is 0.390 e. The minimum atomic E-state index is -2.94. The lowest BCUT2D eigenvalue weighted by molar-refractivity contribution is -0.0964. The summed E-state index contributed by atoms with van der Waals surface area (Å²) in [6.07, 6.45) is 1.41. The summed E-state index contributed by atoms with van der Waals surface area (Å²) < 4.78 is 27.6. The van der Waals surface area contributed by atoms with Crippen molar-refractivity contribution in [3.63, 3.8) is 0 Å². The molecule has 0 aliphatic carbocycles. The highest BCUT2D eigenvalue weighted by Gasteiger charge is 2.27. The molecule has 2 atom stereocenters. The third-order valence-corrected chi connectivity index (χ3v) is 4.33. The molecule has 0 bridgehead atoms. The molecule has 0 radical (unpaired) electrons. The summed E-state index contributed by atoms with van der Waals surface area (Å²) in [7, 11) is -2.94. The molecule has 0 aromatic rings. The number of aliphatic hydroxyl groups is 1. The summed E-state index contributed by atoms with van der Waals surface area (Å²) in [5, 5.41) is 10.0. The van der Waals surface area contributed by atoms with E-state index in [2.05, 4.69) is 18.7 Å². The molecule has 1 fully saturated rings. The number of rotatable bonds is 6. The molecule has 108 valence electrons. The molecule has 18 heavy (non-hydrogen) atoms. The van der Waals surface area contributed by atoms with Gasteiger partial charge < -0.3 is 9.84 Å². The molecule has 0 aromatic heterocycles. The van der Waals surface area contributed by atoms with Gasteiger partial charge in [0.25, 0.3) is 0 Å². The van der Waals surface area contributed by atoms with Crippen molar-refractivity contribution in [1.82, 2.24) is 4.90 Å². The summed E-state index contributed by atoms with van der Waals surface area (Å²) in [5.74, 6) is 0.130. The number of ether oxygens (including phenoxy) is 1. The van der Waals surface area contributed by atoms with Gasteiger partial charge in [0.05, 0.1) is 18.8 Å². The molecule has 1 saturated heterocycles.